The second-order valence-corrected chi connectivity index (χ2v) is 4.98. The minimum atomic E-state index is 0.396. The molecule has 18 heavy (non-hydrogen) atoms. The van der Waals surface area contributed by atoms with Gasteiger partial charge in [-0.2, -0.15) is 0 Å². The van der Waals surface area contributed by atoms with Crippen molar-refractivity contribution >= 4 is 28.0 Å². The van der Waals surface area contributed by atoms with Crippen LogP contribution in [-0.4, -0.2) is 22.3 Å². The van der Waals surface area contributed by atoms with E-state index in [0.717, 1.165) is 21.5 Å². The van der Waals surface area contributed by atoms with E-state index in [2.05, 4.69) is 50.1 Å². The van der Waals surface area contributed by atoms with Crippen LogP contribution in [0.3, 0.4) is 0 Å². The van der Waals surface area contributed by atoms with Gasteiger partial charge in [-0.15, -0.1) is 0 Å². The third-order valence-corrected chi connectivity index (χ3v) is 2.96. The summed E-state index contributed by atoms with van der Waals surface area (Å²) in [6.45, 7) is 4.15. The Morgan fingerprint density at radius 2 is 2.06 bits per heavy atom. The molecule has 4 nitrogen and oxygen atoms in total. The molecule has 0 aliphatic rings. The fourth-order valence-corrected chi connectivity index (χ4v) is 1.88. The van der Waals surface area contributed by atoms with Crippen molar-refractivity contribution in [2.45, 2.75) is 19.9 Å². The lowest BCUT2D eigenvalue weighted by molar-refractivity contribution is 0.744. The normalized spacial score (nSPS) is 11.3. The monoisotopic (exact) mass is 306 g/mol. The Morgan fingerprint density at radius 1 is 1.33 bits per heavy atom. The van der Waals surface area contributed by atoms with Crippen molar-refractivity contribution in [1.82, 2.24) is 15.3 Å². The Labute approximate surface area is 115 Å². The van der Waals surface area contributed by atoms with Crippen LogP contribution in [0.25, 0.3) is 11.3 Å². The van der Waals surface area contributed by atoms with Gasteiger partial charge in [0.05, 0.1) is 18.4 Å². The van der Waals surface area contributed by atoms with E-state index in [0.29, 0.717) is 6.04 Å². The van der Waals surface area contributed by atoms with Gasteiger partial charge >= 0.3 is 0 Å². The van der Waals surface area contributed by atoms with E-state index in [9.17, 15) is 0 Å². The molecule has 0 aliphatic carbocycles. The second kappa shape index (κ2) is 5.82. The van der Waals surface area contributed by atoms with Crippen LogP contribution in [0.4, 0.5) is 5.69 Å². The minimum Gasteiger partial charge on any atom is -0.374 e. The molecule has 5 heteroatoms. The molecule has 0 atom stereocenters. The molecule has 1 aromatic heterocycles. The minimum absolute atomic E-state index is 0.396. The SMILES string of the molecule is CC(C)NC=Nc1ccc(-c2nc[nH]c2Br)cc1. The summed E-state index contributed by atoms with van der Waals surface area (Å²) in [5.74, 6) is 0. The van der Waals surface area contributed by atoms with E-state index in [4.69, 9.17) is 0 Å². The van der Waals surface area contributed by atoms with Gasteiger partial charge in [-0.25, -0.2) is 9.98 Å². The standard InChI is InChI=1S/C13H15BrN4/c1-9(2)15-7-16-11-5-3-10(4-6-11)12-13(14)18-8-17-12/h3-9H,1-2H3,(H,15,16)(H,17,18). The fourth-order valence-electron chi connectivity index (χ4n) is 1.45. The molecule has 0 amide bonds. The molecule has 1 heterocycles. The van der Waals surface area contributed by atoms with E-state index in [1.807, 2.05) is 24.3 Å². The maximum Gasteiger partial charge on any atom is 0.110 e. The highest BCUT2D eigenvalue weighted by Crippen LogP contribution is 2.26. The molecule has 2 aromatic rings. The number of nitrogens with zero attached hydrogens (tertiary/aromatic N) is 2. The van der Waals surface area contributed by atoms with Crippen LogP contribution in [-0.2, 0) is 0 Å². The highest BCUT2D eigenvalue weighted by Gasteiger charge is 2.04. The van der Waals surface area contributed by atoms with Crippen molar-refractivity contribution < 1.29 is 0 Å². The van der Waals surface area contributed by atoms with Gasteiger partial charge in [-0.1, -0.05) is 12.1 Å². The number of halogens is 1. The van der Waals surface area contributed by atoms with Gasteiger partial charge in [0.1, 0.15) is 10.3 Å². The topological polar surface area (TPSA) is 53.1 Å². The van der Waals surface area contributed by atoms with E-state index in [-0.39, 0.29) is 0 Å². The zero-order valence-corrected chi connectivity index (χ0v) is 11.9. The van der Waals surface area contributed by atoms with Crippen LogP contribution in [0.1, 0.15) is 13.8 Å². The number of rotatable bonds is 4. The number of H-pyrrole nitrogens is 1. The number of nitrogens with one attached hydrogen (secondary N) is 2. The van der Waals surface area contributed by atoms with Gasteiger partial charge in [0.25, 0.3) is 0 Å². The van der Waals surface area contributed by atoms with Crippen LogP contribution < -0.4 is 5.32 Å². The van der Waals surface area contributed by atoms with Gasteiger partial charge in [0.2, 0.25) is 0 Å². The summed E-state index contributed by atoms with van der Waals surface area (Å²) in [4.78, 5) is 11.6. The maximum atomic E-state index is 4.32. The van der Waals surface area contributed by atoms with Crippen molar-refractivity contribution in [3.63, 3.8) is 0 Å². The van der Waals surface area contributed by atoms with E-state index in [1.165, 1.54) is 0 Å². The second-order valence-electron chi connectivity index (χ2n) is 4.19. The lowest BCUT2D eigenvalue weighted by Crippen LogP contribution is -2.19. The summed E-state index contributed by atoms with van der Waals surface area (Å²) in [5, 5.41) is 3.13. The lowest BCUT2D eigenvalue weighted by atomic mass is 10.1. The largest absolute Gasteiger partial charge is 0.374 e. The first-order valence-corrected chi connectivity index (χ1v) is 6.54. The Hall–Kier alpha value is -1.62. The summed E-state index contributed by atoms with van der Waals surface area (Å²) >= 11 is 3.42. The van der Waals surface area contributed by atoms with Gasteiger partial charge < -0.3 is 10.3 Å². The maximum absolute atomic E-state index is 4.32. The van der Waals surface area contributed by atoms with E-state index in [1.54, 1.807) is 12.7 Å². The van der Waals surface area contributed by atoms with Crippen molar-refractivity contribution in [2.75, 3.05) is 0 Å². The number of imidazole rings is 1. The van der Waals surface area contributed by atoms with Gasteiger partial charge in [-0.3, -0.25) is 0 Å². The Bertz CT molecular complexity index is 528. The van der Waals surface area contributed by atoms with Crippen molar-refractivity contribution in [2.24, 2.45) is 4.99 Å². The van der Waals surface area contributed by atoms with Gasteiger partial charge in [-0.05, 0) is 41.9 Å². The average Bonchev–Trinajstić information content (AvgIpc) is 2.76. The summed E-state index contributed by atoms with van der Waals surface area (Å²) in [7, 11) is 0. The van der Waals surface area contributed by atoms with Crippen LogP contribution in [0.2, 0.25) is 0 Å². The molecule has 0 radical (unpaired) electrons. The molecule has 0 saturated heterocycles. The molecule has 2 N–H and O–H groups in total. The third kappa shape index (κ3) is 3.20. The highest BCUT2D eigenvalue weighted by molar-refractivity contribution is 9.10. The summed E-state index contributed by atoms with van der Waals surface area (Å²) < 4.78 is 0.889. The molecular weight excluding hydrogens is 292 g/mol. The fraction of sp³-hybridized carbons (Fsp3) is 0.231. The lowest BCUT2D eigenvalue weighted by Gasteiger charge is -2.02. The number of aromatic amines is 1. The molecule has 2 rings (SSSR count). The quantitative estimate of drug-likeness (QED) is 0.671. The highest BCUT2D eigenvalue weighted by atomic mass is 79.9. The molecule has 0 bridgehead atoms. The summed E-state index contributed by atoms with van der Waals surface area (Å²) in [5.41, 5.74) is 2.88. The number of hydrogen-bond acceptors (Lipinski definition) is 2. The van der Waals surface area contributed by atoms with Crippen LogP contribution >= 0.6 is 15.9 Å². The summed E-state index contributed by atoms with van der Waals surface area (Å²) in [6.07, 6.45) is 3.39. The molecule has 94 valence electrons. The molecule has 0 fully saturated rings. The molecule has 0 saturated carbocycles. The first-order chi connectivity index (χ1) is 8.66. The number of benzene rings is 1. The number of aliphatic imine (C=N–C) groups is 1. The zero-order chi connectivity index (χ0) is 13.0. The van der Waals surface area contributed by atoms with Gasteiger partial charge in [0, 0.05) is 11.6 Å². The zero-order valence-electron chi connectivity index (χ0n) is 10.3. The first-order valence-electron chi connectivity index (χ1n) is 5.74. The van der Waals surface area contributed by atoms with Gasteiger partial charge in [0.15, 0.2) is 0 Å². The smallest absolute Gasteiger partial charge is 0.110 e. The predicted octanol–water partition coefficient (Wildman–Crippen LogP) is 3.50. The van der Waals surface area contributed by atoms with E-state index < -0.39 is 0 Å². The van der Waals surface area contributed by atoms with Crippen LogP contribution in [0, 0.1) is 0 Å². The number of aromatic nitrogens is 2. The molecular formula is C13H15BrN4. The third-order valence-electron chi connectivity index (χ3n) is 2.36. The number of hydrogen-bond donors (Lipinski definition) is 2. The van der Waals surface area contributed by atoms with Crippen molar-refractivity contribution in [1.29, 1.82) is 0 Å². The van der Waals surface area contributed by atoms with Crippen LogP contribution in [0.5, 0.6) is 0 Å². The van der Waals surface area contributed by atoms with E-state index >= 15 is 0 Å². The summed E-state index contributed by atoms with van der Waals surface area (Å²) in [6, 6.07) is 8.34. The molecule has 1 aromatic carbocycles. The van der Waals surface area contributed by atoms with Crippen molar-refractivity contribution in [3.8, 4) is 11.3 Å². The Balaban J connectivity index is 2.11. The Kier molecular flexibility index (Phi) is 4.15. The average molecular weight is 307 g/mol. The molecule has 0 aliphatic heterocycles. The van der Waals surface area contributed by atoms with Crippen LogP contribution in [0.15, 0.2) is 40.2 Å². The Morgan fingerprint density at radius 3 is 2.61 bits per heavy atom. The predicted molar refractivity (Wildman–Crippen MR) is 78.1 cm³/mol. The van der Waals surface area contributed by atoms with Crippen molar-refractivity contribution in [3.05, 3.63) is 35.2 Å². The first kappa shape index (κ1) is 12.8. The molecule has 0 spiro atoms. The molecule has 0 unspecified atom stereocenters.